The maximum absolute atomic E-state index is 11.7. The summed E-state index contributed by atoms with van der Waals surface area (Å²) >= 11 is 0. The summed E-state index contributed by atoms with van der Waals surface area (Å²) in [6.45, 7) is 0. The number of nitrogens with one attached hydrogen (secondary N) is 2. The van der Waals surface area contributed by atoms with Gasteiger partial charge in [-0.2, -0.15) is 0 Å². The first-order valence-corrected chi connectivity index (χ1v) is 5.45. The Morgan fingerprint density at radius 1 is 1.38 bits per heavy atom. The smallest absolute Gasteiger partial charge is 0.267 e. The largest absolute Gasteiger partial charge is 0.357 e. The van der Waals surface area contributed by atoms with E-state index in [2.05, 4.69) is 10.3 Å². The maximum atomic E-state index is 11.7. The summed E-state index contributed by atoms with van der Waals surface area (Å²) in [7, 11) is 0. The SMILES string of the molecule is Cl.NC1CCC(NC(=O)c2ccc[nH]2)CC1. The maximum Gasteiger partial charge on any atom is 0.267 e. The van der Waals surface area contributed by atoms with Crippen molar-refractivity contribution in [2.24, 2.45) is 5.73 Å². The number of carbonyl (C=O) groups is 1. The number of nitrogens with two attached hydrogens (primary N) is 1. The molecule has 90 valence electrons. The minimum atomic E-state index is -0.0135. The monoisotopic (exact) mass is 243 g/mol. The quantitative estimate of drug-likeness (QED) is 0.736. The van der Waals surface area contributed by atoms with Gasteiger partial charge in [0.25, 0.3) is 5.91 Å². The standard InChI is InChI=1S/C11H17N3O.ClH/c12-8-3-5-9(6-4-8)14-11(15)10-2-1-7-13-10;/h1-2,7-9,13H,3-6,12H2,(H,14,15);1H. The summed E-state index contributed by atoms with van der Waals surface area (Å²) in [6, 6.07) is 4.22. The van der Waals surface area contributed by atoms with Gasteiger partial charge in [0.05, 0.1) is 0 Å². The van der Waals surface area contributed by atoms with Crippen LogP contribution < -0.4 is 11.1 Å². The molecule has 1 aliphatic rings. The summed E-state index contributed by atoms with van der Waals surface area (Å²) in [5, 5.41) is 3.02. The zero-order chi connectivity index (χ0) is 10.7. The fourth-order valence-electron chi connectivity index (χ4n) is 2.00. The summed E-state index contributed by atoms with van der Waals surface area (Å²) in [5.41, 5.74) is 6.43. The third-order valence-corrected chi connectivity index (χ3v) is 2.95. The second-order valence-corrected chi connectivity index (χ2v) is 4.17. The van der Waals surface area contributed by atoms with Crippen LogP contribution in [0.25, 0.3) is 0 Å². The fraction of sp³-hybridized carbons (Fsp3) is 0.545. The lowest BCUT2D eigenvalue weighted by atomic mass is 9.92. The van der Waals surface area contributed by atoms with Crippen molar-refractivity contribution >= 4 is 18.3 Å². The highest BCUT2D eigenvalue weighted by Crippen LogP contribution is 2.17. The van der Waals surface area contributed by atoms with Gasteiger partial charge in [0.1, 0.15) is 5.69 Å². The Morgan fingerprint density at radius 2 is 2.06 bits per heavy atom. The predicted molar refractivity (Wildman–Crippen MR) is 65.7 cm³/mol. The molecule has 5 heteroatoms. The van der Waals surface area contributed by atoms with Gasteiger partial charge < -0.3 is 16.0 Å². The Balaban J connectivity index is 0.00000128. The second-order valence-electron chi connectivity index (χ2n) is 4.17. The molecule has 1 amide bonds. The van der Waals surface area contributed by atoms with Crippen LogP contribution in [-0.2, 0) is 0 Å². The average Bonchev–Trinajstić information content (AvgIpc) is 2.74. The molecule has 1 aromatic heterocycles. The molecule has 1 fully saturated rings. The van der Waals surface area contributed by atoms with Crippen molar-refractivity contribution in [3.8, 4) is 0 Å². The van der Waals surface area contributed by atoms with Crippen LogP contribution in [0.1, 0.15) is 36.2 Å². The van der Waals surface area contributed by atoms with Crippen LogP contribution in [0.2, 0.25) is 0 Å². The van der Waals surface area contributed by atoms with Crippen molar-refractivity contribution in [1.82, 2.24) is 10.3 Å². The molecule has 16 heavy (non-hydrogen) atoms. The molecule has 0 unspecified atom stereocenters. The van der Waals surface area contributed by atoms with Gasteiger partial charge in [-0.3, -0.25) is 4.79 Å². The van der Waals surface area contributed by atoms with E-state index < -0.39 is 0 Å². The molecule has 0 radical (unpaired) electrons. The Morgan fingerprint density at radius 3 is 2.62 bits per heavy atom. The molecule has 0 bridgehead atoms. The number of amides is 1. The van der Waals surface area contributed by atoms with Gasteiger partial charge in [0.2, 0.25) is 0 Å². The third kappa shape index (κ3) is 3.25. The van der Waals surface area contributed by atoms with E-state index in [0.29, 0.717) is 17.8 Å². The highest BCUT2D eigenvalue weighted by atomic mass is 35.5. The molecule has 2 rings (SSSR count). The van der Waals surface area contributed by atoms with E-state index >= 15 is 0 Å². The van der Waals surface area contributed by atoms with E-state index in [1.807, 2.05) is 6.07 Å². The molecular formula is C11H18ClN3O. The minimum absolute atomic E-state index is 0. The molecule has 1 aliphatic carbocycles. The highest BCUT2D eigenvalue weighted by Gasteiger charge is 2.20. The van der Waals surface area contributed by atoms with Gasteiger partial charge in [-0.1, -0.05) is 0 Å². The van der Waals surface area contributed by atoms with Crippen LogP contribution in [-0.4, -0.2) is 23.0 Å². The lowest BCUT2D eigenvalue weighted by Gasteiger charge is -2.26. The molecule has 0 spiro atoms. The summed E-state index contributed by atoms with van der Waals surface area (Å²) in [5.74, 6) is -0.0135. The van der Waals surface area contributed by atoms with E-state index in [1.165, 1.54) is 0 Å². The van der Waals surface area contributed by atoms with E-state index in [4.69, 9.17) is 5.73 Å². The van der Waals surface area contributed by atoms with Crippen molar-refractivity contribution in [3.63, 3.8) is 0 Å². The lowest BCUT2D eigenvalue weighted by molar-refractivity contribution is 0.0921. The number of carbonyl (C=O) groups excluding carboxylic acids is 1. The van der Waals surface area contributed by atoms with Gasteiger partial charge in [0.15, 0.2) is 0 Å². The number of halogens is 1. The molecule has 1 aromatic rings. The van der Waals surface area contributed by atoms with E-state index in [-0.39, 0.29) is 18.3 Å². The summed E-state index contributed by atoms with van der Waals surface area (Å²) in [6.07, 6.45) is 5.76. The zero-order valence-corrected chi connectivity index (χ0v) is 9.93. The van der Waals surface area contributed by atoms with Crippen LogP contribution >= 0.6 is 12.4 Å². The van der Waals surface area contributed by atoms with Crippen LogP contribution in [0.5, 0.6) is 0 Å². The van der Waals surface area contributed by atoms with Crippen LogP contribution in [0, 0.1) is 0 Å². The molecule has 0 aliphatic heterocycles. The second kappa shape index (κ2) is 5.92. The number of aromatic nitrogens is 1. The van der Waals surface area contributed by atoms with Crippen LogP contribution in [0.4, 0.5) is 0 Å². The number of hydrogen-bond acceptors (Lipinski definition) is 2. The Hall–Kier alpha value is -1.00. The van der Waals surface area contributed by atoms with Gasteiger partial charge in [-0.25, -0.2) is 0 Å². The Kier molecular flexibility index (Phi) is 4.83. The van der Waals surface area contributed by atoms with Crippen molar-refractivity contribution in [1.29, 1.82) is 0 Å². The van der Waals surface area contributed by atoms with Gasteiger partial charge >= 0.3 is 0 Å². The summed E-state index contributed by atoms with van der Waals surface area (Å²) < 4.78 is 0. The number of aromatic amines is 1. The average molecular weight is 244 g/mol. The molecule has 4 N–H and O–H groups in total. The van der Waals surface area contributed by atoms with Gasteiger partial charge in [0, 0.05) is 18.3 Å². The van der Waals surface area contributed by atoms with E-state index in [1.54, 1.807) is 12.3 Å². The first kappa shape index (κ1) is 13.1. The first-order chi connectivity index (χ1) is 7.25. The van der Waals surface area contributed by atoms with E-state index in [0.717, 1.165) is 25.7 Å². The van der Waals surface area contributed by atoms with Crippen LogP contribution in [0.15, 0.2) is 18.3 Å². The third-order valence-electron chi connectivity index (χ3n) is 2.95. The number of hydrogen-bond donors (Lipinski definition) is 3. The van der Waals surface area contributed by atoms with Gasteiger partial charge in [-0.05, 0) is 37.8 Å². The molecule has 0 atom stereocenters. The normalized spacial score (nSPS) is 24.6. The van der Waals surface area contributed by atoms with Crippen molar-refractivity contribution in [2.45, 2.75) is 37.8 Å². The zero-order valence-electron chi connectivity index (χ0n) is 9.11. The fourth-order valence-corrected chi connectivity index (χ4v) is 2.00. The molecule has 0 aromatic carbocycles. The minimum Gasteiger partial charge on any atom is -0.357 e. The van der Waals surface area contributed by atoms with Gasteiger partial charge in [-0.15, -0.1) is 12.4 Å². The highest BCUT2D eigenvalue weighted by molar-refractivity contribution is 5.92. The topological polar surface area (TPSA) is 70.9 Å². The predicted octanol–water partition coefficient (Wildman–Crippen LogP) is 1.44. The lowest BCUT2D eigenvalue weighted by Crippen LogP contribution is -2.40. The molecule has 4 nitrogen and oxygen atoms in total. The van der Waals surface area contributed by atoms with Crippen LogP contribution in [0.3, 0.4) is 0 Å². The number of rotatable bonds is 2. The molecule has 1 saturated carbocycles. The molecule has 1 heterocycles. The first-order valence-electron chi connectivity index (χ1n) is 5.45. The number of H-pyrrole nitrogens is 1. The Labute approximate surface area is 101 Å². The van der Waals surface area contributed by atoms with Crippen molar-refractivity contribution in [3.05, 3.63) is 24.0 Å². The Bertz CT molecular complexity index is 318. The molecular weight excluding hydrogens is 226 g/mol. The van der Waals surface area contributed by atoms with Crippen molar-refractivity contribution < 1.29 is 4.79 Å². The van der Waals surface area contributed by atoms with E-state index in [9.17, 15) is 4.79 Å². The van der Waals surface area contributed by atoms with Crippen molar-refractivity contribution in [2.75, 3.05) is 0 Å². The molecule has 0 saturated heterocycles. The summed E-state index contributed by atoms with van der Waals surface area (Å²) in [4.78, 5) is 14.6.